The maximum absolute atomic E-state index is 6.64. The molecule has 2 heteroatoms. The summed E-state index contributed by atoms with van der Waals surface area (Å²) in [4.78, 5) is 0. The normalized spacial score (nSPS) is 24.1. The molecule has 1 N–H and O–H groups in total. The van der Waals surface area contributed by atoms with E-state index in [9.17, 15) is 0 Å². The van der Waals surface area contributed by atoms with Crippen molar-refractivity contribution in [1.29, 1.82) is 0 Å². The summed E-state index contributed by atoms with van der Waals surface area (Å²) in [7, 11) is 0. The zero-order valence-corrected chi connectivity index (χ0v) is 14.2. The number of hydrogen-bond acceptors (Lipinski definition) is 1. The third-order valence-electron chi connectivity index (χ3n) is 5.61. The van der Waals surface area contributed by atoms with Crippen LogP contribution < -0.4 is 5.32 Å². The molecule has 1 aromatic rings. The molecule has 0 unspecified atom stereocenters. The minimum absolute atomic E-state index is 0.526. The van der Waals surface area contributed by atoms with Crippen molar-refractivity contribution in [3.05, 3.63) is 34.3 Å². The smallest absolute Gasteiger partial charge is 0.0443 e. The lowest BCUT2D eigenvalue weighted by Crippen LogP contribution is -2.26. The highest BCUT2D eigenvalue weighted by atomic mass is 35.5. The second-order valence-corrected chi connectivity index (χ2v) is 8.15. The summed E-state index contributed by atoms with van der Waals surface area (Å²) in [5, 5.41) is 4.45. The quantitative estimate of drug-likeness (QED) is 0.761. The van der Waals surface area contributed by atoms with E-state index in [1.807, 2.05) is 0 Å². The van der Waals surface area contributed by atoms with Gasteiger partial charge >= 0.3 is 0 Å². The fourth-order valence-electron chi connectivity index (χ4n) is 3.99. The van der Waals surface area contributed by atoms with Crippen molar-refractivity contribution in [2.24, 2.45) is 5.41 Å². The fraction of sp³-hybridized carbons (Fsp3) is 0.684. The summed E-state index contributed by atoms with van der Waals surface area (Å²) in [6.07, 6.45) is 7.72. The van der Waals surface area contributed by atoms with E-state index in [2.05, 4.69) is 37.4 Å². The minimum atomic E-state index is 0.526. The van der Waals surface area contributed by atoms with Crippen LogP contribution >= 0.6 is 11.6 Å². The molecule has 1 aromatic carbocycles. The number of benzene rings is 1. The highest BCUT2D eigenvalue weighted by molar-refractivity contribution is 6.31. The predicted octanol–water partition coefficient (Wildman–Crippen LogP) is 5.49. The van der Waals surface area contributed by atoms with Crippen LogP contribution in [0.4, 0.5) is 0 Å². The molecule has 0 bridgehead atoms. The monoisotopic (exact) mass is 305 g/mol. The first kappa shape index (κ1) is 15.4. The zero-order valence-electron chi connectivity index (χ0n) is 13.4. The van der Waals surface area contributed by atoms with Gasteiger partial charge in [-0.25, -0.2) is 0 Å². The molecule has 0 spiro atoms. The Labute approximate surface area is 134 Å². The van der Waals surface area contributed by atoms with Gasteiger partial charge in [0.25, 0.3) is 0 Å². The van der Waals surface area contributed by atoms with Crippen molar-refractivity contribution < 1.29 is 0 Å². The van der Waals surface area contributed by atoms with Crippen LogP contribution in [0.3, 0.4) is 0 Å². The van der Waals surface area contributed by atoms with Crippen LogP contribution in [0.2, 0.25) is 5.02 Å². The van der Waals surface area contributed by atoms with Gasteiger partial charge in [0.2, 0.25) is 0 Å². The van der Waals surface area contributed by atoms with Gasteiger partial charge < -0.3 is 5.32 Å². The third kappa shape index (κ3) is 3.63. The number of hydrogen-bond donors (Lipinski definition) is 1. The van der Waals surface area contributed by atoms with E-state index in [-0.39, 0.29) is 0 Å². The van der Waals surface area contributed by atoms with Gasteiger partial charge in [0.05, 0.1) is 0 Å². The van der Waals surface area contributed by atoms with E-state index in [1.54, 1.807) is 0 Å². The van der Waals surface area contributed by atoms with Gasteiger partial charge in [0.1, 0.15) is 0 Å². The lowest BCUT2D eigenvalue weighted by Gasteiger charge is -2.35. The SMILES string of the molecule is CC1(C)CCC(c2ccc(C3CCNCC3)cc2Cl)CC1. The first-order valence-electron chi connectivity index (χ1n) is 8.55. The van der Waals surface area contributed by atoms with Gasteiger partial charge in [-0.05, 0) is 86.1 Å². The average molecular weight is 306 g/mol. The van der Waals surface area contributed by atoms with Crippen molar-refractivity contribution in [3.63, 3.8) is 0 Å². The van der Waals surface area contributed by atoms with E-state index in [0.717, 1.165) is 18.1 Å². The van der Waals surface area contributed by atoms with Gasteiger partial charge in [0.15, 0.2) is 0 Å². The molecular formula is C19H28ClN. The Bertz CT molecular complexity index is 478. The van der Waals surface area contributed by atoms with E-state index in [0.29, 0.717) is 17.3 Å². The Balaban J connectivity index is 1.72. The molecule has 1 saturated carbocycles. The van der Waals surface area contributed by atoms with Crippen LogP contribution in [-0.4, -0.2) is 13.1 Å². The second-order valence-electron chi connectivity index (χ2n) is 7.74. The van der Waals surface area contributed by atoms with Crippen LogP contribution in [-0.2, 0) is 0 Å². The van der Waals surface area contributed by atoms with Gasteiger partial charge in [0, 0.05) is 5.02 Å². The molecule has 1 aliphatic carbocycles. The number of piperidine rings is 1. The molecule has 0 aromatic heterocycles. The Morgan fingerprint density at radius 3 is 2.29 bits per heavy atom. The molecular weight excluding hydrogens is 278 g/mol. The number of halogens is 1. The molecule has 2 aliphatic rings. The zero-order chi connectivity index (χ0) is 14.9. The largest absolute Gasteiger partial charge is 0.317 e. The van der Waals surface area contributed by atoms with Gasteiger partial charge in [-0.1, -0.05) is 37.6 Å². The Hall–Kier alpha value is -0.530. The summed E-state index contributed by atoms with van der Waals surface area (Å²) in [6.45, 7) is 7.07. The van der Waals surface area contributed by atoms with Crippen LogP contribution in [0.25, 0.3) is 0 Å². The minimum Gasteiger partial charge on any atom is -0.317 e. The molecule has 0 radical (unpaired) electrons. The van der Waals surface area contributed by atoms with E-state index in [1.165, 1.54) is 49.7 Å². The van der Waals surface area contributed by atoms with Crippen LogP contribution in [0, 0.1) is 5.41 Å². The molecule has 0 amide bonds. The van der Waals surface area contributed by atoms with Crippen LogP contribution in [0.1, 0.15) is 75.3 Å². The maximum atomic E-state index is 6.64. The molecule has 3 rings (SSSR count). The molecule has 1 aliphatic heterocycles. The summed E-state index contributed by atoms with van der Waals surface area (Å²) in [5.41, 5.74) is 3.36. The molecule has 116 valence electrons. The predicted molar refractivity (Wildman–Crippen MR) is 91.3 cm³/mol. The maximum Gasteiger partial charge on any atom is 0.0443 e. The van der Waals surface area contributed by atoms with Crippen molar-refractivity contribution in [3.8, 4) is 0 Å². The molecule has 0 atom stereocenters. The average Bonchev–Trinajstić information content (AvgIpc) is 2.49. The topological polar surface area (TPSA) is 12.0 Å². The summed E-state index contributed by atoms with van der Waals surface area (Å²) in [5.74, 6) is 1.37. The first-order chi connectivity index (χ1) is 10.1. The second kappa shape index (κ2) is 6.30. The van der Waals surface area contributed by atoms with Crippen molar-refractivity contribution in [1.82, 2.24) is 5.32 Å². The molecule has 1 nitrogen and oxygen atoms in total. The van der Waals surface area contributed by atoms with Crippen molar-refractivity contribution in [2.75, 3.05) is 13.1 Å². The Morgan fingerprint density at radius 2 is 1.67 bits per heavy atom. The van der Waals surface area contributed by atoms with E-state index < -0.39 is 0 Å². The summed E-state index contributed by atoms with van der Waals surface area (Å²) in [6, 6.07) is 6.92. The summed E-state index contributed by atoms with van der Waals surface area (Å²) < 4.78 is 0. The Morgan fingerprint density at radius 1 is 1.00 bits per heavy atom. The van der Waals surface area contributed by atoms with E-state index >= 15 is 0 Å². The fourth-order valence-corrected chi connectivity index (χ4v) is 4.34. The van der Waals surface area contributed by atoms with Gasteiger partial charge in [-0.2, -0.15) is 0 Å². The van der Waals surface area contributed by atoms with E-state index in [4.69, 9.17) is 11.6 Å². The van der Waals surface area contributed by atoms with Crippen LogP contribution in [0.5, 0.6) is 0 Å². The van der Waals surface area contributed by atoms with Gasteiger partial charge in [-0.3, -0.25) is 0 Å². The lowest BCUT2D eigenvalue weighted by molar-refractivity contribution is 0.224. The lowest BCUT2D eigenvalue weighted by atomic mass is 9.71. The number of nitrogens with one attached hydrogen (secondary N) is 1. The molecule has 21 heavy (non-hydrogen) atoms. The third-order valence-corrected chi connectivity index (χ3v) is 5.94. The molecule has 2 fully saturated rings. The molecule has 1 heterocycles. The highest BCUT2D eigenvalue weighted by Gasteiger charge is 2.28. The van der Waals surface area contributed by atoms with Crippen molar-refractivity contribution in [2.45, 2.75) is 64.2 Å². The first-order valence-corrected chi connectivity index (χ1v) is 8.93. The van der Waals surface area contributed by atoms with Crippen LogP contribution in [0.15, 0.2) is 18.2 Å². The summed E-state index contributed by atoms with van der Waals surface area (Å²) >= 11 is 6.64. The standard InChI is InChI=1S/C19H28ClN/c1-19(2)9-5-15(6-10-19)17-4-3-16(13-18(17)20)14-7-11-21-12-8-14/h3-4,13-15,21H,5-12H2,1-2H3. The molecule has 1 saturated heterocycles. The van der Waals surface area contributed by atoms with Crippen molar-refractivity contribution >= 4 is 11.6 Å². The number of rotatable bonds is 2. The highest BCUT2D eigenvalue weighted by Crippen LogP contribution is 2.44. The Kier molecular flexibility index (Phi) is 4.61. The van der Waals surface area contributed by atoms with Gasteiger partial charge in [-0.15, -0.1) is 0 Å².